The van der Waals surface area contributed by atoms with Crippen LogP contribution in [0.25, 0.3) is 17.0 Å². The van der Waals surface area contributed by atoms with Gasteiger partial charge in [0.2, 0.25) is 11.9 Å². The zero-order valence-corrected chi connectivity index (χ0v) is 13.4. The van der Waals surface area contributed by atoms with E-state index in [1.165, 1.54) is 12.4 Å². The second-order valence-corrected chi connectivity index (χ2v) is 5.70. The quantitative estimate of drug-likeness (QED) is 0.576. The molecule has 0 atom stereocenters. The third kappa shape index (κ3) is 2.53. The fourth-order valence-electron chi connectivity index (χ4n) is 2.69. The molecule has 1 aliphatic rings. The van der Waals surface area contributed by atoms with Crippen LogP contribution in [0.5, 0.6) is 0 Å². The van der Waals surface area contributed by atoms with Crippen LogP contribution >= 0.6 is 0 Å². The van der Waals surface area contributed by atoms with E-state index < -0.39 is 11.8 Å². The molecule has 0 fully saturated rings. The van der Waals surface area contributed by atoms with Crippen molar-refractivity contribution in [1.29, 1.82) is 0 Å². The standard InChI is InChI=1S/C15H16N10/c1-8-21-13(17)24-14(22-8)25-10-5-3-2-4-9(10)23-11(25)15(18)6-19-12(16)20-7-15/h2-7,12H,16,18H2,1H3,(H2,17,21,22,24). The average Bonchev–Trinajstić information content (AvgIpc) is 2.97. The number of nitrogen functional groups attached to an aromatic ring is 1. The number of aryl methyl sites for hydroxylation is 1. The van der Waals surface area contributed by atoms with Gasteiger partial charge in [-0.2, -0.15) is 15.0 Å². The van der Waals surface area contributed by atoms with Crippen LogP contribution in [-0.4, -0.2) is 43.2 Å². The lowest BCUT2D eigenvalue weighted by atomic mass is 10.0. The summed E-state index contributed by atoms with van der Waals surface area (Å²) in [6.07, 6.45) is 2.39. The fourth-order valence-corrected chi connectivity index (χ4v) is 2.69. The van der Waals surface area contributed by atoms with Crippen LogP contribution < -0.4 is 17.2 Å². The summed E-state index contributed by atoms with van der Waals surface area (Å²) >= 11 is 0. The topological polar surface area (TPSA) is 159 Å². The summed E-state index contributed by atoms with van der Waals surface area (Å²) in [7, 11) is 0. The molecule has 10 nitrogen and oxygen atoms in total. The number of nitrogens with two attached hydrogens (primary N) is 3. The van der Waals surface area contributed by atoms with E-state index >= 15 is 0 Å². The molecule has 1 aliphatic heterocycles. The Morgan fingerprint density at radius 2 is 1.76 bits per heavy atom. The van der Waals surface area contributed by atoms with Crippen LogP contribution in [0.3, 0.4) is 0 Å². The summed E-state index contributed by atoms with van der Waals surface area (Å²) < 4.78 is 1.73. The lowest BCUT2D eigenvalue weighted by Gasteiger charge is -2.24. The molecule has 3 heterocycles. The largest absolute Gasteiger partial charge is 0.368 e. The van der Waals surface area contributed by atoms with E-state index in [2.05, 4.69) is 29.9 Å². The molecule has 4 rings (SSSR count). The van der Waals surface area contributed by atoms with Gasteiger partial charge in [-0.3, -0.25) is 20.3 Å². The van der Waals surface area contributed by atoms with Gasteiger partial charge >= 0.3 is 0 Å². The molecule has 2 aromatic heterocycles. The lowest BCUT2D eigenvalue weighted by Crippen LogP contribution is -2.46. The molecule has 6 N–H and O–H groups in total. The number of aromatic nitrogens is 5. The first-order chi connectivity index (χ1) is 12.0. The van der Waals surface area contributed by atoms with E-state index in [0.29, 0.717) is 17.6 Å². The highest BCUT2D eigenvalue weighted by Crippen LogP contribution is 2.26. The van der Waals surface area contributed by atoms with E-state index in [-0.39, 0.29) is 5.95 Å². The molecule has 0 amide bonds. The van der Waals surface area contributed by atoms with E-state index in [0.717, 1.165) is 11.0 Å². The predicted molar refractivity (Wildman–Crippen MR) is 94.4 cm³/mol. The molecule has 0 saturated heterocycles. The number of fused-ring (bicyclic) bond motifs is 1. The van der Waals surface area contributed by atoms with Crippen LogP contribution in [-0.2, 0) is 5.54 Å². The highest BCUT2D eigenvalue weighted by molar-refractivity contribution is 5.97. The molecule has 25 heavy (non-hydrogen) atoms. The Morgan fingerprint density at radius 3 is 2.48 bits per heavy atom. The molecule has 0 spiro atoms. The smallest absolute Gasteiger partial charge is 0.240 e. The number of anilines is 1. The number of imidazole rings is 1. The van der Waals surface area contributed by atoms with Gasteiger partial charge in [-0.05, 0) is 19.1 Å². The van der Waals surface area contributed by atoms with Gasteiger partial charge in [0.1, 0.15) is 17.2 Å². The number of para-hydroxylation sites is 2. The van der Waals surface area contributed by atoms with Crippen LogP contribution in [0.2, 0.25) is 0 Å². The highest BCUT2D eigenvalue weighted by Gasteiger charge is 2.33. The first-order valence-corrected chi connectivity index (χ1v) is 7.56. The molecule has 0 bridgehead atoms. The van der Waals surface area contributed by atoms with E-state index in [1.54, 1.807) is 11.5 Å². The number of rotatable bonds is 2. The number of benzene rings is 1. The highest BCUT2D eigenvalue weighted by atomic mass is 15.3. The summed E-state index contributed by atoms with van der Waals surface area (Å²) in [6.45, 7) is 1.74. The Balaban J connectivity index is 2.02. The third-order valence-corrected chi connectivity index (χ3v) is 3.78. The minimum atomic E-state index is -1.15. The monoisotopic (exact) mass is 336 g/mol. The summed E-state index contributed by atoms with van der Waals surface area (Å²) in [6, 6.07) is 7.55. The summed E-state index contributed by atoms with van der Waals surface area (Å²) in [5, 5.41) is 0. The van der Waals surface area contributed by atoms with Crippen molar-refractivity contribution in [3.63, 3.8) is 0 Å². The molecule has 0 radical (unpaired) electrons. The molecular formula is C15H16N10. The van der Waals surface area contributed by atoms with Gasteiger partial charge in [-0.15, -0.1) is 0 Å². The zero-order chi connectivity index (χ0) is 17.6. The van der Waals surface area contributed by atoms with Crippen molar-refractivity contribution in [1.82, 2.24) is 24.5 Å². The van der Waals surface area contributed by atoms with E-state index in [1.807, 2.05) is 24.3 Å². The second kappa shape index (κ2) is 5.40. The average molecular weight is 336 g/mol. The van der Waals surface area contributed by atoms with E-state index in [9.17, 15) is 0 Å². The van der Waals surface area contributed by atoms with Gasteiger partial charge in [0.05, 0.1) is 11.0 Å². The maximum Gasteiger partial charge on any atom is 0.240 e. The van der Waals surface area contributed by atoms with Gasteiger partial charge in [-0.1, -0.05) is 12.1 Å². The summed E-state index contributed by atoms with van der Waals surface area (Å²) in [5.74, 6) is 1.39. The minimum absolute atomic E-state index is 0.116. The van der Waals surface area contributed by atoms with Gasteiger partial charge in [0, 0.05) is 12.4 Å². The van der Waals surface area contributed by atoms with Crippen molar-refractivity contribution in [2.24, 2.45) is 21.5 Å². The van der Waals surface area contributed by atoms with Crippen molar-refractivity contribution < 1.29 is 0 Å². The van der Waals surface area contributed by atoms with Crippen molar-refractivity contribution in [3.05, 3.63) is 35.9 Å². The number of hydrogen-bond donors (Lipinski definition) is 3. The maximum atomic E-state index is 6.48. The maximum absolute atomic E-state index is 6.48. The molecule has 126 valence electrons. The van der Waals surface area contributed by atoms with Gasteiger partial charge in [0.25, 0.3) is 0 Å². The Morgan fingerprint density at radius 1 is 1.04 bits per heavy atom. The van der Waals surface area contributed by atoms with Crippen LogP contribution in [0, 0.1) is 6.92 Å². The van der Waals surface area contributed by atoms with Gasteiger partial charge in [-0.25, -0.2) is 4.98 Å². The minimum Gasteiger partial charge on any atom is -0.368 e. The first-order valence-electron chi connectivity index (χ1n) is 7.56. The van der Waals surface area contributed by atoms with Crippen molar-refractivity contribution in [2.75, 3.05) is 5.73 Å². The first kappa shape index (κ1) is 15.3. The molecular weight excluding hydrogens is 320 g/mol. The molecule has 1 aromatic carbocycles. The van der Waals surface area contributed by atoms with Gasteiger partial charge in [0.15, 0.2) is 6.29 Å². The van der Waals surface area contributed by atoms with Crippen molar-refractivity contribution >= 4 is 29.4 Å². The number of nitrogens with zero attached hydrogens (tertiary/aromatic N) is 7. The second-order valence-electron chi connectivity index (χ2n) is 5.70. The Kier molecular flexibility index (Phi) is 3.30. The van der Waals surface area contributed by atoms with Crippen LogP contribution in [0.15, 0.2) is 34.3 Å². The van der Waals surface area contributed by atoms with Crippen LogP contribution in [0.4, 0.5) is 5.95 Å². The Hall–Kier alpha value is -3.24. The normalized spacial score (nSPS) is 22.6. The third-order valence-electron chi connectivity index (χ3n) is 3.78. The number of hydrogen-bond acceptors (Lipinski definition) is 9. The lowest BCUT2D eigenvalue weighted by molar-refractivity contribution is 0.666. The Bertz CT molecular complexity index is 984. The molecule has 0 aliphatic carbocycles. The molecule has 10 heteroatoms. The summed E-state index contributed by atoms with van der Waals surface area (Å²) in [5.41, 5.74) is 18.3. The molecule has 3 aromatic rings. The van der Waals surface area contributed by atoms with Crippen LogP contribution in [0.1, 0.15) is 11.6 Å². The Labute approximate surface area is 142 Å². The SMILES string of the molecule is Cc1nc(N)nc(-n2c(C3(N)C=NC(N)N=C3)nc3ccccc32)n1. The van der Waals surface area contributed by atoms with Gasteiger partial charge < -0.3 is 11.5 Å². The van der Waals surface area contributed by atoms with Crippen molar-refractivity contribution in [2.45, 2.75) is 18.8 Å². The molecule has 0 unspecified atom stereocenters. The zero-order valence-electron chi connectivity index (χ0n) is 13.4. The summed E-state index contributed by atoms with van der Waals surface area (Å²) in [4.78, 5) is 25.5. The van der Waals surface area contributed by atoms with E-state index in [4.69, 9.17) is 17.2 Å². The predicted octanol–water partition coefficient (Wildman–Crippen LogP) is -0.347. The fraction of sp³-hybridized carbons (Fsp3) is 0.200. The number of aliphatic imine (C=N–C) groups is 2. The van der Waals surface area contributed by atoms with Crippen molar-refractivity contribution in [3.8, 4) is 5.95 Å². The molecule has 0 saturated carbocycles.